The zero-order chi connectivity index (χ0) is 11.3. The van der Waals surface area contributed by atoms with Crippen molar-refractivity contribution in [3.05, 3.63) is 18.0 Å². The van der Waals surface area contributed by atoms with E-state index in [9.17, 15) is 10.2 Å². The van der Waals surface area contributed by atoms with Gasteiger partial charge in [0.15, 0.2) is 0 Å². The first-order valence-electron chi connectivity index (χ1n) is 5.58. The summed E-state index contributed by atoms with van der Waals surface area (Å²) in [7, 11) is 0. The maximum atomic E-state index is 9.91. The van der Waals surface area contributed by atoms with Gasteiger partial charge in [-0.05, 0) is 18.9 Å². The third-order valence-electron chi connectivity index (χ3n) is 2.44. The van der Waals surface area contributed by atoms with Crippen LogP contribution in [0.3, 0.4) is 0 Å². The van der Waals surface area contributed by atoms with Crippen LogP contribution in [-0.4, -0.2) is 26.1 Å². The monoisotopic (exact) mass is 212 g/mol. The lowest BCUT2D eigenvalue weighted by molar-refractivity contribution is 0.00783. The molecule has 0 aromatic carbocycles. The van der Waals surface area contributed by atoms with Crippen LogP contribution in [0.25, 0.3) is 0 Å². The van der Waals surface area contributed by atoms with Crippen molar-refractivity contribution in [2.24, 2.45) is 0 Å². The van der Waals surface area contributed by atoms with E-state index in [1.807, 2.05) is 6.92 Å². The van der Waals surface area contributed by atoms with Crippen molar-refractivity contribution < 1.29 is 10.2 Å². The first kappa shape index (κ1) is 12.2. The van der Waals surface area contributed by atoms with Crippen LogP contribution >= 0.6 is 0 Å². The Kier molecular flexibility index (Phi) is 4.78. The largest absolute Gasteiger partial charge is 0.390 e. The lowest BCUT2D eigenvalue weighted by Crippen LogP contribution is -2.21. The summed E-state index contributed by atoms with van der Waals surface area (Å²) in [5, 5.41) is 23.7. The number of nitrogens with zero attached hydrogens (tertiary/aromatic N) is 2. The van der Waals surface area contributed by atoms with Crippen molar-refractivity contribution in [3.8, 4) is 0 Å². The molecule has 0 amide bonds. The minimum Gasteiger partial charge on any atom is -0.390 e. The molecule has 2 atom stereocenters. The lowest BCUT2D eigenvalue weighted by atomic mass is 10.1. The van der Waals surface area contributed by atoms with Gasteiger partial charge >= 0.3 is 0 Å². The minimum atomic E-state index is -0.820. The topological polar surface area (TPSA) is 58.3 Å². The molecule has 0 spiro atoms. The van der Waals surface area contributed by atoms with Gasteiger partial charge in [0.2, 0.25) is 0 Å². The van der Waals surface area contributed by atoms with E-state index in [1.165, 1.54) is 0 Å². The molecule has 4 nitrogen and oxygen atoms in total. The summed E-state index contributed by atoms with van der Waals surface area (Å²) in [6.07, 6.45) is 2.58. The van der Waals surface area contributed by atoms with Crippen molar-refractivity contribution in [2.75, 3.05) is 0 Å². The summed E-state index contributed by atoms with van der Waals surface area (Å²) in [6.45, 7) is 4.82. The van der Waals surface area contributed by atoms with E-state index in [4.69, 9.17) is 0 Å². The van der Waals surface area contributed by atoms with Crippen LogP contribution in [-0.2, 0) is 6.54 Å². The summed E-state index contributed by atoms with van der Waals surface area (Å²) in [4.78, 5) is 0. The quantitative estimate of drug-likeness (QED) is 0.751. The molecule has 1 rings (SSSR count). The van der Waals surface area contributed by atoms with Gasteiger partial charge in [0.05, 0.1) is 11.8 Å². The smallest absolute Gasteiger partial charge is 0.121 e. The molecule has 1 aromatic heterocycles. The molecular weight excluding hydrogens is 192 g/mol. The van der Waals surface area contributed by atoms with Gasteiger partial charge in [-0.15, -0.1) is 0 Å². The van der Waals surface area contributed by atoms with Crippen LogP contribution in [0.2, 0.25) is 0 Å². The van der Waals surface area contributed by atoms with Crippen molar-refractivity contribution >= 4 is 0 Å². The van der Waals surface area contributed by atoms with E-state index in [2.05, 4.69) is 12.0 Å². The van der Waals surface area contributed by atoms with Crippen LogP contribution in [0, 0.1) is 0 Å². The van der Waals surface area contributed by atoms with Gasteiger partial charge in [0.1, 0.15) is 6.10 Å². The van der Waals surface area contributed by atoms with Gasteiger partial charge in [-0.25, -0.2) is 0 Å². The molecule has 0 saturated carbocycles. The molecule has 0 fully saturated rings. The molecule has 1 heterocycles. The molecule has 1 aromatic rings. The van der Waals surface area contributed by atoms with Gasteiger partial charge in [-0.2, -0.15) is 5.10 Å². The average Bonchev–Trinajstić information content (AvgIpc) is 2.66. The third-order valence-corrected chi connectivity index (χ3v) is 2.44. The van der Waals surface area contributed by atoms with Crippen LogP contribution in [0.4, 0.5) is 0 Å². The summed E-state index contributed by atoms with van der Waals surface area (Å²) in [6, 6.07) is 1.76. The zero-order valence-corrected chi connectivity index (χ0v) is 9.43. The van der Waals surface area contributed by atoms with E-state index in [0.717, 1.165) is 19.4 Å². The Morgan fingerprint density at radius 3 is 2.67 bits per heavy atom. The second-order valence-electron chi connectivity index (χ2n) is 3.78. The Labute approximate surface area is 90.5 Å². The highest BCUT2D eigenvalue weighted by Gasteiger charge is 2.20. The Hall–Kier alpha value is -0.870. The fourth-order valence-corrected chi connectivity index (χ4v) is 1.64. The summed E-state index contributed by atoms with van der Waals surface area (Å²) in [5.41, 5.74) is 0.706. The van der Waals surface area contributed by atoms with E-state index in [0.29, 0.717) is 12.1 Å². The Balaban J connectivity index is 2.71. The molecule has 0 aliphatic carbocycles. The van der Waals surface area contributed by atoms with E-state index < -0.39 is 12.2 Å². The molecule has 0 aliphatic rings. The van der Waals surface area contributed by atoms with Gasteiger partial charge < -0.3 is 10.2 Å². The maximum absolute atomic E-state index is 9.91. The highest BCUT2D eigenvalue weighted by molar-refractivity contribution is 5.06. The highest BCUT2D eigenvalue weighted by atomic mass is 16.3. The first-order valence-corrected chi connectivity index (χ1v) is 5.58. The normalized spacial score (nSPS) is 15.2. The van der Waals surface area contributed by atoms with Crippen molar-refractivity contribution in [1.82, 2.24) is 9.78 Å². The second kappa shape index (κ2) is 5.88. The number of aliphatic hydroxyl groups is 2. The fourth-order valence-electron chi connectivity index (χ4n) is 1.64. The number of rotatable bonds is 6. The van der Waals surface area contributed by atoms with Gasteiger partial charge in [0.25, 0.3) is 0 Å². The molecule has 2 unspecified atom stereocenters. The summed E-state index contributed by atoms with van der Waals surface area (Å²) in [5.74, 6) is 0. The molecular formula is C11H20N2O2. The third kappa shape index (κ3) is 3.04. The van der Waals surface area contributed by atoms with Crippen molar-refractivity contribution in [1.29, 1.82) is 0 Å². The molecule has 86 valence electrons. The minimum absolute atomic E-state index is 0.610. The average molecular weight is 212 g/mol. The van der Waals surface area contributed by atoms with Crippen LogP contribution in [0.1, 0.15) is 44.9 Å². The molecule has 0 bridgehead atoms. The Morgan fingerprint density at radius 1 is 1.33 bits per heavy atom. The molecule has 0 saturated heterocycles. The lowest BCUT2D eigenvalue weighted by Gasteiger charge is -2.18. The van der Waals surface area contributed by atoms with E-state index in [-0.39, 0.29) is 0 Å². The summed E-state index contributed by atoms with van der Waals surface area (Å²) < 4.78 is 1.75. The standard InChI is InChI=1S/C11H20N2O2/c1-3-5-10(14)11(15)9-6-7-12-13(9)8-4-2/h6-7,10-11,14-15H,3-5,8H2,1-2H3. The van der Waals surface area contributed by atoms with Crippen LogP contribution in [0.15, 0.2) is 12.3 Å². The first-order chi connectivity index (χ1) is 7.20. The predicted molar refractivity (Wildman–Crippen MR) is 58.4 cm³/mol. The number of hydrogen-bond donors (Lipinski definition) is 2. The van der Waals surface area contributed by atoms with E-state index in [1.54, 1.807) is 16.9 Å². The Morgan fingerprint density at radius 2 is 2.07 bits per heavy atom. The number of aromatic nitrogens is 2. The SMILES string of the molecule is CCCC(O)C(O)c1ccnn1CCC. The highest BCUT2D eigenvalue weighted by Crippen LogP contribution is 2.19. The Bertz CT molecular complexity index is 286. The number of aryl methyl sites for hydroxylation is 1. The van der Waals surface area contributed by atoms with Crippen LogP contribution < -0.4 is 0 Å². The molecule has 2 N–H and O–H groups in total. The molecule has 4 heteroatoms. The molecule has 15 heavy (non-hydrogen) atoms. The predicted octanol–water partition coefficient (Wildman–Crippen LogP) is 1.49. The van der Waals surface area contributed by atoms with Gasteiger partial charge in [-0.1, -0.05) is 20.3 Å². The second-order valence-corrected chi connectivity index (χ2v) is 3.78. The molecule has 0 aliphatic heterocycles. The molecule has 0 radical (unpaired) electrons. The van der Waals surface area contributed by atoms with E-state index >= 15 is 0 Å². The number of hydrogen-bond acceptors (Lipinski definition) is 3. The van der Waals surface area contributed by atoms with Gasteiger partial charge in [0, 0.05) is 12.7 Å². The van der Waals surface area contributed by atoms with Crippen molar-refractivity contribution in [3.63, 3.8) is 0 Å². The summed E-state index contributed by atoms with van der Waals surface area (Å²) >= 11 is 0. The van der Waals surface area contributed by atoms with Crippen LogP contribution in [0.5, 0.6) is 0 Å². The van der Waals surface area contributed by atoms with Crippen molar-refractivity contribution in [2.45, 2.75) is 51.9 Å². The van der Waals surface area contributed by atoms with Gasteiger partial charge in [-0.3, -0.25) is 4.68 Å². The zero-order valence-electron chi connectivity index (χ0n) is 9.43. The maximum Gasteiger partial charge on any atom is 0.121 e. The number of aliphatic hydroxyl groups excluding tert-OH is 2. The fraction of sp³-hybridized carbons (Fsp3) is 0.727.